The van der Waals surface area contributed by atoms with Crippen molar-refractivity contribution in [2.24, 2.45) is 16.3 Å². The van der Waals surface area contributed by atoms with Crippen LogP contribution in [0.25, 0.3) is 0 Å². The van der Waals surface area contributed by atoms with E-state index >= 15 is 0 Å². The second-order valence-corrected chi connectivity index (χ2v) is 5.68. The summed E-state index contributed by atoms with van der Waals surface area (Å²) in [6.07, 6.45) is 2.68. The van der Waals surface area contributed by atoms with Crippen molar-refractivity contribution in [2.45, 2.75) is 31.7 Å². The fraction of sp³-hybridized carbons (Fsp3) is 0.769. The summed E-state index contributed by atoms with van der Waals surface area (Å²) in [6, 6.07) is 0.252. The number of likely N-dealkylation sites (N-methyl/N-ethyl adjacent to an activating group) is 1. The molecule has 0 bridgehead atoms. The van der Waals surface area contributed by atoms with Crippen LogP contribution in [0.5, 0.6) is 0 Å². The minimum absolute atomic E-state index is 0.0311. The van der Waals surface area contributed by atoms with Crippen molar-refractivity contribution in [3.63, 3.8) is 0 Å². The first-order valence-corrected chi connectivity index (χ1v) is 7.10. The third kappa shape index (κ3) is 3.44. The molecule has 2 rings (SSSR count). The molecule has 8 nitrogen and oxygen atoms in total. The Morgan fingerprint density at radius 2 is 2.05 bits per heavy atom. The lowest BCUT2D eigenvalue weighted by atomic mass is 9.77. The molecule has 0 atom stereocenters. The van der Waals surface area contributed by atoms with Crippen LogP contribution in [0.15, 0.2) is 5.16 Å². The largest absolute Gasteiger partial charge is 0.409 e. The number of ether oxygens (including phenoxy) is 1. The van der Waals surface area contributed by atoms with Crippen LogP contribution < -0.4 is 11.1 Å². The third-order valence-corrected chi connectivity index (χ3v) is 4.02. The zero-order valence-electron chi connectivity index (χ0n) is 12.2. The molecule has 0 aromatic heterocycles. The fourth-order valence-electron chi connectivity index (χ4n) is 2.55. The zero-order chi connectivity index (χ0) is 15.5. The van der Waals surface area contributed by atoms with Crippen LogP contribution in [0.3, 0.4) is 0 Å². The molecule has 2 fully saturated rings. The lowest BCUT2D eigenvalue weighted by Gasteiger charge is -2.37. The van der Waals surface area contributed by atoms with Gasteiger partial charge in [0.25, 0.3) is 0 Å². The van der Waals surface area contributed by atoms with E-state index in [1.54, 1.807) is 7.05 Å². The average molecular weight is 298 g/mol. The van der Waals surface area contributed by atoms with Gasteiger partial charge in [-0.25, -0.2) is 0 Å². The summed E-state index contributed by atoms with van der Waals surface area (Å²) in [7, 11) is 1.55. The molecule has 0 aromatic rings. The van der Waals surface area contributed by atoms with Crippen LogP contribution in [-0.4, -0.2) is 60.6 Å². The van der Waals surface area contributed by atoms with Crippen LogP contribution in [0.1, 0.15) is 25.7 Å². The van der Waals surface area contributed by atoms with E-state index in [1.807, 2.05) is 0 Å². The van der Waals surface area contributed by atoms with E-state index in [2.05, 4.69) is 10.5 Å². The summed E-state index contributed by atoms with van der Waals surface area (Å²) in [4.78, 5) is 25.8. The van der Waals surface area contributed by atoms with Gasteiger partial charge in [0.15, 0.2) is 5.84 Å². The monoisotopic (exact) mass is 298 g/mol. The van der Waals surface area contributed by atoms with Gasteiger partial charge < -0.3 is 25.9 Å². The highest BCUT2D eigenvalue weighted by Crippen LogP contribution is 2.33. The molecule has 0 unspecified atom stereocenters. The van der Waals surface area contributed by atoms with Gasteiger partial charge in [0.1, 0.15) is 5.41 Å². The van der Waals surface area contributed by atoms with Gasteiger partial charge in [0.05, 0.1) is 6.54 Å². The van der Waals surface area contributed by atoms with Crippen molar-refractivity contribution in [1.29, 1.82) is 0 Å². The Bertz CT molecular complexity index is 441. The van der Waals surface area contributed by atoms with Crippen LogP contribution in [0.4, 0.5) is 0 Å². The first-order valence-electron chi connectivity index (χ1n) is 7.10. The number of amides is 2. The minimum Gasteiger partial charge on any atom is -0.409 e. The first kappa shape index (κ1) is 15.6. The maximum absolute atomic E-state index is 12.7. The minimum atomic E-state index is -1.08. The van der Waals surface area contributed by atoms with Gasteiger partial charge in [-0.1, -0.05) is 5.16 Å². The van der Waals surface area contributed by atoms with Gasteiger partial charge in [0.2, 0.25) is 11.8 Å². The Kier molecular flexibility index (Phi) is 4.66. The highest BCUT2D eigenvalue weighted by atomic mass is 16.5. The smallest absolute Gasteiger partial charge is 0.239 e. The first-order chi connectivity index (χ1) is 9.99. The number of nitrogens with one attached hydrogen (secondary N) is 1. The molecule has 0 spiro atoms. The lowest BCUT2D eigenvalue weighted by Crippen LogP contribution is -2.54. The van der Waals surface area contributed by atoms with Crippen LogP contribution in [0, 0.1) is 5.41 Å². The molecule has 1 saturated carbocycles. The van der Waals surface area contributed by atoms with E-state index in [-0.39, 0.29) is 30.2 Å². The number of nitrogens with two attached hydrogens (primary N) is 1. The predicted octanol–water partition coefficient (Wildman–Crippen LogP) is -0.733. The Balaban J connectivity index is 2.04. The summed E-state index contributed by atoms with van der Waals surface area (Å²) in [6.45, 7) is 0.699. The van der Waals surface area contributed by atoms with Crippen molar-refractivity contribution < 1.29 is 19.5 Å². The number of carbonyl (C=O) groups excluding carboxylic acids is 2. The summed E-state index contributed by atoms with van der Waals surface area (Å²) in [5.74, 6) is -0.618. The van der Waals surface area contributed by atoms with E-state index in [0.717, 1.165) is 12.8 Å². The van der Waals surface area contributed by atoms with E-state index in [4.69, 9.17) is 15.7 Å². The number of hydrogen-bond acceptors (Lipinski definition) is 5. The second kappa shape index (κ2) is 6.30. The molecule has 21 heavy (non-hydrogen) atoms. The number of carbonyl (C=O) groups is 2. The van der Waals surface area contributed by atoms with Crippen LogP contribution in [-0.2, 0) is 14.3 Å². The SMILES string of the molecule is CN(CC(=O)NC1CC1)C(=O)C1(C(N)=NO)CCOCC1. The molecular weight excluding hydrogens is 276 g/mol. The number of oxime groups is 1. The van der Waals surface area contributed by atoms with Crippen molar-refractivity contribution >= 4 is 17.6 Å². The van der Waals surface area contributed by atoms with Gasteiger partial charge in [-0.05, 0) is 25.7 Å². The summed E-state index contributed by atoms with van der Waals surface area (Å²) >= 11 is 0. The normalized spacial score (nSPS) is 21.7. The molecule has 1 aliphatic carbocycles. The maximum Gasteiger partial charge on any atom is 0.239 e. The molecule has 118 valence electrons. The molecule has 4 N–H and O–H groups in total. The fourth-order valence-corrected chi connectivity index (χ4v) is 2.55. The Morgan fingerprint density at radius 3 is 2.57 bits per heavy atom. The number of rotatable bonds is 5. The quantitative estimate of drug-likeness (QED) is 0.268. The van der Waals surface area contributed by atoms with Gasteiger partial charge in [0, 0.05) is 26.3 Å². The maximum atomic E-state index is 12.7. The molecule has 8 heteroatoms. The van der Waals surface area contributed by atoms with E-state index in [0.29, 0.717) is 26.1 Å². The molecule has 0 aromatic carbocycles. The number of nitrogens with zero attached hydrogens (tertiary/aromatic N) is 2. The van der Waals surface area contributed by atoms with Gasteiger partial charge in [-0.3, -0.25) is 9.59 Å². The molecular formula is C13H22N4O4. The van der Waals surface area contributed by atoms with Gasteiger partial charge >= 0.3 is 0 Å². The van der Waals surface area contributed by atoms with E-state index in [9.17, 15) is 9.59 Å². The van der Waals surface area contributed by atoms with Crippen molar-refractivity contribution in [3.8, 4) is 0 Å². The third-order valence-electron chi connectivity index (χ3n) is 4.02. The summed E-state index contributed by atoms with van der Waals surface area (Å²) < 4.78 is 5.25. The van der Waals surface area contributed by atoms with Crippen LogP contribution >= 0.6 is 0 Å². The number of hydrogen-bond donors (Lipinski definition) is 3. The molecule has 1 saturated heterocycles. The van der Waals surface area contributed by atoms with E-state index < -0.39 is 5.41 Å². The second-order valence-electron chi connectivity index (χ2n) is 5.68. The number of amidine groups is 1. The van der Waals surface area contributed by atoms with Gasteiger partial charge in [-0.15, -0.1) is 0 Å². The highest BCUT2D eigenvalue weighted by Gasteiger charge is 2.46. The predicted molar refractivity (Wildman–Crippen MR) is 74.7 cm³/mol. The highest BCUT2D eigenvalue weighted by molar-refractivity contribution is 6.07. The molecule has 1 heterocycles. The average Bonchev–Trinajstić information content (AvgIpc) is 3.29. The van der Waals surface area contributed by atoms with E-state index in [1.165, 1.54) is 4.90 Å². The standard InChI is InChI=1S/C13H22N4O4/c1-17(8-10(18)15-9-2-3-9)12(19)13(11(14)16-20)4-6-21-7-5-13/h9,20H,2-8H2,1H3,(H2,14,16)(H,15,18). The Labute approximate surface area is 123 Å². The van der Waals surface area contributed by atoms with Crippen LogP contribution in [0.2, 0.25) is 0 Å². The van der Waals surface area contributed by atoms with Crippen molar-refractivity contribution in [3.05, 3.63) is 0 Å². The Morgan fingerprint density at radius 1 is 1.43 bits per heavy atom. The molecule has 0 radical (unpaired) electrons. The van der Waals surface area contributed by atoms with Crippen molar-refractivity contribution in [2.75, 3.05) is 26.8 Å². The molecule has 2 amide bonds. The Hall–Kier alpha value is -1.83. The van der Waals surface area contributed by atoms with Crippen molar-refractivity contribution in [1.82, 2.24) is 10.2 Å². The molecule has 1 aliphatic heterocycles. The summed E-state index contributed by atoms with van der Waals surface area (Å²) in [5, 5.41) is 14.8. The lowest BCUT2D eigenvalue weighted by molar-refractivity contribution is -0.144. The zero-order valence-corrected chi connectivity index (χ0v) is 12.2. The molecule has 2 aliphatic rings. The van der Waals surface area contributed by atoms with Gasteiger partial charge in [-0.2, -0.15) is 0 Å². The topological polar surface area (TPSA) is 117 Å². The summed E-state index contributed by atoms with van der Waals surface area (Å²) in [5.41, 5.74) is 4.66.